The molecule has 1 aliphatic rings. The molecule has 0 aliphatic carbocycles. The van der Waals surface area contributed by atoms with Crippen LogP contribution < -0.4 is 5.73 Å². The van der Waals surface area contributed by atoms with Crippen molar-refractivity contribution in [1.29, 1.82) is 0 Å². The van der Waals surface area contributed by atoms with Gasteiger partial charge in [-0.1, -0.05) is 18.2 Å². The van der Waals surface area contributed by atoms with E-state index in [-0.39, 0.29) is 5.91 Å². The summed E-state index contributed by atoms with van der Waals surface area (Å²) in [6.45, 7) is 3.74. The predicted molar refractivity (Wildman–Crippen MR) is 153 cm³/mol. The molecule has 0 amide bonds. The van der Waals surface area contributed by atoms with E-state index in [1.165, 1.54) is 0 Å². The number of halogens is 1. The lowest BCUT2D eigenvalue weighted by Gasteiger charge is -2.09. The first kappa shape index (κ1) is 23.8. The average molecular weight is 589 g/mol. The summed E-state index contributed by atoms with van der Waals surface area (Å²) in [5, 5.41) is 0.947. The zero-order chi connectivity index (χ0) is 25.4. The number of aromatic amines is 1. The number of nitrogens with zero attached hydrogens (tertiary/aromatic N) is 3. The Morgan fingerprint density at radius 3 is 2.58 bits per heavy atom. The van der Waals surface area contributed by atoms with Gasteiger partial charge >= 0.3 is 0 Å². The van der Waals surface area contributed by atoms with Crippen LogP contribution in [0.3, 0.4) is 0 Å². The highest BCUT2D eigenvalue weighted by atomic mass is 127. The van der Waals surface area contributed by atoms with Crippen LogP contribution in [0, 0.1) is 10.5 Å². The van der Waals surface area contributed by atoms with Crippen LogP contribution in [-0.2, 0) is 4.74 Å². The second-order valence-electron chi connectivity index (χ2n) is 8.48. The Balaban J connectivity index is 1.62. The summed E-state index contributed by atoms with van der Waals surface area (Å²) in [4.78, 5) is 26.2. The molecule has 0 spiro atoms. The van der Waals surface area contributed by atoms with E-state index < -0.39 is 0 Å². The molecule has 0 saturated carbocycles. The van der Waals surface area contributed by atoms with Crippen LogP contribution in [0.1, 0.15) is 34.4 Å². The van der Waals surface area contributed by atoms with Crippen molar-refractivity contribution in [2.24, 2.45) is 15.7 Å². The van der Waals surface area contributed by atoms with Crippen molar-refractivity contribution in [3.8, 4) is 0 Å². The fourth-order valence-corrected chi connectivity index (χ4v) is 4.96. The summed E-state index contributed by atoms with van der Waals surface area (Å²) in [5.41, 5.74) is 11.8. The maximum atomic E-state index is 13.8. The van der Waals surface area contributed by atoms with Crippen LogP contribution in [-0.4, -0.2) is 34.1 Å². The number of carbonyl (C=O) groups excluding carboxylic acids is 1. The van der Waals surface area contributed by atoms with Crippen LogP contribution in [0.25, 0.3) is 17.0 Å². The number of hydrogen-bond acceptors (Lipinski definition) is 4. The van der Waals surface area contributed by atoms with Gasteiger partial charge in [-0.05, 0) is 85.0 Å². The molecule has 0 atom stereocenters. The number of amidine groups is 1. The number of aromatic nitrogens is 2. The lowest BCUT2D eigenvalue weighted by Crippen LogP contribution is -2.17. The molecule has 0 fully saturated rings. The average Bonchev–Trinajstić information content (AvgIpc) is 3.53. The smallest absolute Gasteiger partial charge is 0.262 e. The number of ether oxygens (including phenoxy) is 1. The number of H-pyrrole nitrogens is 1. The molecule has 0 radical (unpaired) electrons. The van der Waals surface area contributed by atoms with Gasteiger partial charge in [-0.2, -0.15) is 0 Å². The second kappa shape index (κ2) is 9.62. The van der Waals surface area contributed by atoms with Gasteiger partial charge in [0.15, 0.2) is 0 Å². The van der Waals surface area contributed by atoms with E-state index in [2.05, 4.69) is 38.6 Å². The van der Waals surface area contributed by atoms with E-state index in [4.69, 9.17) is 15.5 Å². The maximum Gasteiger partial charge on any atom is 0.262 e. The van der Waals surface area contributed by atoms with Crippen LogP contribution in [0.4, 0.5) is 5.69 Å². The van der Waals surface area contributed by atoms with Crippen molar-refractivity contribution in [3.63, 3.8) is 0 Å². The monoisotopic (exact) mass is 589 g/mol. The molecule has 0 bridgehead atoms. The molecule has 2 aromatic heterocycles. The lowest BCUT2D eigenvalue weighted by molar-refractivity contribution is 0.0964. The van der Waals surface area contributed by atoms with Crippen molar-refractivity contribution in [2.45, 2.75) is 13.8 Å². The summed E-state index contributed by atoms with van der Waals surface area (Å²) in [6.07, 6.45) is 3.83. The maximum absolute atomic E-state index is 13.8. The lowest BCUT2D eigenvalue weighted by atomic mass is 10.1. The Kier molecular flexibility index (Phi) is 6.36. The molecule has 5 rings (SSSR count). The Labute approximate surface area is 222 Å². The minimum Gasteiger partial charge on any atom is -0.494 e. The molecule has 7 nitrogen and oxygen atoms in total. The molecule has 180 valence electrons. The summed E-state index contributed by atoms with van der Waals surface area (Å²) in [7, 11) is 1.62. The van der Waals surface area contributed by atoms with Gasteiger partial charge in [0.25, 0.3) is 5.91 Å². The van der Waals surface area contributed by atoms with E-state index in [1.807, 2.05) is 49.4 Å². The Bertz CT molecular complexity index is 1610. The quantitative estimate of drug-likeness (QED) is 0.171. The van der Waals surface area contributed by atoms with E-state index in [9.17, 15) is 4.79 Å². The molecule has 1 aliphatic heterocycles. The molecule has 4 aromatic rings. The van der Waals surface area contributed by atoms with Crippen molar-refractivity contribution in [3.05, 3.63) is 104 Å². The van der Waals surface area contributed by atoms with Crippen LogP contribution in [0.2, 0.25) is 0 Å². The summed E-state index contributed by atoms with van der Waals surface area (Å²) in [5.74, 6) is 0.936. The first-order valence-corrected chi connectivity index (χ1v) is 12.4. The zero-order valence-electron chi connectivity index (χ0n) is 20.0. The minimum atomic E-state index is -0.159. The van der Waals surface area contributed by atoms with Crippen LogP contribution in [0.15, 0.2) is 88.2 Å². The molecule has 3 heterocycles. The minimum absolute atomic E-state index is 0.159. The number of benzene rings is 2. The van der Waals surface area contributed by atoms with Gasteiger partial charge in [0, 0.05) is 26.3 Å². The standard InChI is InChI=1S/C28H24IN5O2/c1-16-12-21(29)22(31-16)14-24-27(36-3)15-23(33-24)26-13-19-6-4-5-7-25(19)34(26)28(35)18-8-10-20(11-9-18)32-17(2)30/h4-15,31H,1-3H3,(H2,30,32)/b24-14-. The molecular formula is C28H24IN5O2. The highest BCUT2D eigenvalue weighted by Crippen LogP contribution is 2.30. The fraction of sp³-hybridized carbons (Fsp3) is 0.107. The SMILES string of the molecule is COC1=CC(c2cc3ccccc3n2C(=O)c2ccc(N=C(C)N)cc2)=N/C1=C\c1[nH]c(C)cc1I. The number of fused-ring (bicyclic) bond motifs is 1. The molecule has 36 heavy (non-hydrogen) atoms. The van der Waals surface area contributed by atoms with Crippen molar-refractivity contribution in [1.82, 2.24) is 9.55 Å². The molecular weight excluding hydrogens is 565 g/mol. The van der Waals surface area contributed by atoms with Crippen LogP contribution in [0.5, 0.6) is 0 Å². The first-order chi connectivity index (χ1) is 17.3. The fourth-order valence-electron chi connectivity index (χ4n) is 4.20. The predicted octanol–water partition coefficient (Wildman–Crippen LogP) is 5.95. The third kappa shape index (κ3) is 4.51. The van der Waals surface area contributed by atoms with Crippen molar-refractivity contribution >= 4 is 62.7 Å². The van der Waals surface area contributed by atoms with Crippen molar-refractivity contribution in [2.75, 3.05) is 7.11 Å². The van der Waals surface area contributed by atoms with Gasteiger partial charge in [-0.3, -0.25) is 9.36 Å². The second-order valence-corrected chi connectivity index (χ2v) is 9.64. The van der Waals surface area contributed by atoms with E-state index >= 15 is 0 Å². The van der Waals surface area contributed by atoms with E-state index in [0.717, 1.165) is 25.9 Å². The Hall–Kier alpha value is -3.92. The number of aryl methyl sites for hydroxylation is 1. The van der Waals surface area contributed by atoms with Gasteiger partial charge < -0.3 is 15.5 Å². The largest absolute Gasteiger partial charge is 0.494 e. The molecule has 2 aromatic carbocycles. The van der Waals surface area contributed by atoms with Gasteiger partial charge in [0.1, 0.15) is 11.5 Å². The summed E-state index contributed by atoms with van der Waals surface area (Å²) >= 11 is 2.29. The number of methoxy groups -OCH3 is 1. The van der Waals surface area contributed by atoms with E-state index in [1.54, 1.807) is 42.9 Å². The summed E-state index contributed by atoms with van der Waals surface area (Å²) < 4.78 is 8.44. The number of nitrogens with two attached hydrogens (primary N) is 1. The number of carbonyl (C=O) groups is 1. The molecule has 0 unspecified atom stereocenters. The number of para-hydroxylation sites is 1. The number of hydrogen-bond donors (Lipinski definition) is 2. The Morgan fingerprint density at radius 1 is 1.17 bits per heavy atom. The number of allylic oxidation sites excluding steroid dienone is 1. The summed E-state index contributed by atoms with van der Waals surface area (Å²) in [6, 6.07) is 18.9. The van der Waals surface area contributed by atoms with Gasteiger partial charge in [-0.15, -0.1) is 0 Å². The number of aliphatic imine (C=N–C) groups is 2. The topological polar surface area (TPSA) is 97.8 Å². The van der Waals surface area contributed by atoms with Gasteiger partial charge in [0.2, 0.25) is 0 Å². The highest BCUT2D eigenvalue weighted by molar-refractivity contribution is 14.1. The van der Waals surface area contributed by atoms with Gasteiger partial charge in [0.05, 0.1) is 41.2 Å². The van der Waals surface area contributed by atoms with Gasteiger partial charge in [-0.25, -0.2) is 9.98 Å². The molecule has 3 N–H and O–H groups in total. The first-order valence-electron chi connectivity index (χ1n) is 11.3. The third-order valence-corrected chi connectivity index (χ3v) is 6.68. The van der Waals surface area contributed by atoms with Crippen LogP contribution >= 0.6 is 22.6 Å². The molecule has 8 heteroatoms. The highest BCUT2D eigenvalue weighted by Gasteiger charge is 2.24. The molecule has 0 saturated heterocycles. The third-order valence-electron chi connectivity index (χ3n) is 5.79. The van der Waals surface area contributed by atoms with E-state index in [0.29, 0.717) is 39.9 Å². The number of nitrogens with one attached hydrogen (secondary N) is 1. The normalized spacial score (nSPS) is 14.9. The Morgan fingerprint density at radius 2 is 1.92 bits per heavy atom. The number of rotatable bonds is 5. The zero-order valence-corrected chi connectivity index (χ0v) is 22.2. The van der Waals surface area contributed by atoms with Crippen molar-refractivity contribution < 1.29 is 9.53 Å².